The van der Waals surface area contributed by atoms with Gasteiger partial charge in [0, 0.05) is 38.4 Å². The molecule has 5 heteroatoms. The van der Waals surface area contributed by atoms with Crippen molar-refractivity contribution < 1.29 is 9.90 Å². The standard InChI is InChI=1S/C13H19N3O2/c1-10(2)15-6-8-16(9-7-15)12-11(13(17)18)4-3-5-14-12/h3-5,10H,6-9H2,1-2H3,(H,17,18). The van der Waals surface area contributed by atoms with E-state index in [2.05, 4.69) is 28.6 Å². The minimum absolute atomic E-state index is 0.287. The van der Waals surface area contributed by atoms with E-state index in [1.807, 2.05) is 0 Å². The van der Waals surface area contributed by atoms with Gasteiger partial charge in [-0.25, -0.2) is 9.78 Å². The molecule has 1 aromatic heterocycles. The quantitative estimate of drug-likeness (QED) is 0.875. The minimum Gasteiger partial charge on any atom is -0.478 e. The number of piperazine rings is 1. The smallest absolute Gasteiger partial charge is 0.339 e. The number of anilines is 1. The summed E-state index contributed by atoms with van der Waals surface area (Å²) in [5, 5.41) is 9.16. The highest BCUT2D eigenvalue weighted by Gasteiger charge is 2.23. The fourth-order valence-corrected chi connectivity index (χ4v) is 2.27. The van der Waals surface area contributed by atoms with Crippen LogP contribution in [-0.2, 0) is 0 Å². The molecule has 5 nitrogen and oxygen atoms in total. The fraction of sp³-hybridized carbons (Fsp3) is 0.538. The second-order valence-electron chi connectivity index (χ2n) is 4.80. The predicted octanol–water partition coefficient (Wildman–Crippen LogP) is 1.31. The third kappa shape index (κ3) is 2.61. The van der Waals surface area contributed by atoms with E-state index in [-0.39, 0.29) is 5.56 Å². The van der Waals surface area contributed by atoms with E-state index in [1.54, 1.807) is 18.3 Å². The second kappa shape index (κ2) is 5.35. The van der Waals surface area contributed by atoms with Crippen LogP contribution in [0.25, 0.3) is 0 Å². The summed E-state index contributed by atoms with van der Waals surface area (Å²) in [6, 6.07) is 3.81. The molecule has 0 aromatic carbocycles. The number of carbonyl (C=O) groups is 1. The predicted molar refractivity (Wildman–Crippen MR) is 70.1 cm³/mol. The SMILES string of the molecule is CC(C)N1CCN(c2ncccc2C(=O)O)CC1. The van der Waals surface area contributed by atoms with E-state index in [0.29, 0.717) is 11.9 Å². The number of carboxylic acids is 1. The summed E-state index contributed by atoms with van der Waals surface area (Å²) >= 11 is 0. The highest BCUT2D eigenvalue weighted by Crippen LogP contribution is 2.19. The van der Waals surface area contributed by atoms with Gasteiger partial charge >= 0.3 is 5.97 Å². The number of aromatic nitrogens is 1. The Labute approximate surface area is 107 Å². The molecular formula is C13H19N3O2. The lowest BCUT2D eigenvalue weighted by Crippen LogP contribution is -2.49. The van der Waals surface area contributed by atoms with Crippen LogP contribution in [0, 0.1) is 0 Å². The third-order valence-electron chi connectivity index (χ3n) is 3.36. The van der Waals surface area contributed by atoms with Gasteiger partial charge in [-0.2, -0.15) is 0 Å². The Hall–Kier alpha value is -1.62. The number of nitrogens with zero attached hydrogens (tertiary/aromatic N) is 3. The van der Waals surface area contributed by atoms with E-state index in [0.717, 1.165) is 26.2 Å². The lowest BCUT2D eigenvalue weighted by atomic mass is 10.2. The number of aromatic carboxylic acids is 1. The van der Waals surface area contributed by atoms with Crippen molar-refractivity contribution in [3.8, 4) is 0 Å². The van der Waals surface area contributed by atoms with Crippen LogP contribution >= 0.6 is 0 Å². The Kier molecular flexibility index (Phi) is 3.81. The van der Waals surface area contributed by atoms with Crippen LogP contribution in [-0.4, -0.2) is 53.2 Å². The molecule has 98 valence electrons. The maximum absolute atomic E-state index is 11.2. The van der Waals surface area contributed by atoms with Gasteiger partial charge in [0.15, 0.2) is 0 Å². The molecule has 1 saturated heterocycles. The molecule has 0 spiro atoms. The van der Waals surface area contributed by atoms with Crippen LogP contribution in [0.5, 0.6) is 0 Å². The summed E-state index contributed by atoms with van der Waals surface area (Å²) in [4.78, 5) is 19.8. The van der Waals surface area contributed by atoms with Crippen molar-refractivity contribution in [1.82, 2.24) is 9.88 Å². The van der Waals surface area contributed by atoms with E-state index in [9.17, 15) is 4.79 Å². The maximum atomic E-state index is 11.2. The number of carboxylic acid groups (broad SMARTS) is 1. The topological polar surface area (TPSA) is 56.7 Å². The molecule has 0 radical (unpaired) electrons. The van der Waals surface area contributed by atoms with Gasteiger partial charge < -0.3 is 10.0 Å². The highest BCUT2D eigenvalue weighted by atomic mass is 16.4. The van der Waals surface area contributed by atoms with Crippen LogP contribution in [0.2, 0.25) is 0 Å². The van der Waals surface area contributed by atoms with Crippen LogP contribution in [0.1, 0.15) is 24.2 Å². The first-order valence-electron chi connectivity index (χ1n) is 6.27. The van der Waals surface area contributed by atoms with Crippen molar-refractivity contribution in [2.45, 2.75) is 19.9 Å². The Bertz CT molecular complexity index is 426. The first-order chi connectivity index (χ1) is 8.59. The van der Waals surface area contributed by atoms with Gasteiger partial charge in [-0.3, -0.25) is 4.90 Å². The summed E-state index contributed by atoms with van der Waals surface area (Å²) in [6.07, 6.45) is 1.65. The first-order valence-corrected chi connectivity index (χ1v) is 6.27. The molecule has 1 N–H and O–H groups in total. The Balaban J connectivity index is 2.12. The lowest BCUT2D eigenvalue weighted by molar-refractivity contribution is 0.0697. The third-order valence-corrected chi connectivity index (χ3v) is 3.36. The van der Waals surface area contributed by atoms with Crippen molar-refractivity contribution >= 4 is 11.8 Å². The molecule has 0 saturated carbocycles. The minimum atomic E-state index is -0.913. The monoisotopic (exact) mass is 249 g/mol. The number of pyridine rings is 1. The molecule has 0 unspecified atom stereocenters. The van der Waals surface area contributed by atoms with Crippen molar-refractivity contribution in [2.24, 2.45) is 0 Å². The summed E-state index contributed by atoms with van der Waals surface area (Å²) in [7, 11) is 0. The van der Waals surface area contributed by atoms with Gasteiger partial charge in [-0.1, -0.05) is 0 Å². The molecule has 1 aromatic rings. The Morgan fingerprint density at radius 2 is 2.00 bits per heavy atom. The molecule has 2 rings (SSSR count). The van der Waals surface area contributed by atoms with Crippen LogP contribution in [0.15, 0.2) is 18.3 Å². The van der Waals surface area contributed by atoms with Gasteiger partial charge in [0.2, 0.25) is 0 Å². The van der Waals surface area contributed by atoms with Crippen LogP contribution < -0.4 is 4.90 Å². The molecule has 1 fully saturated rings. The zero-order chi connectivity index (χ0) is 13.1. The van der Waals surface area contributed by atoms with Crippen molar-refractivity contribution in [1.29, 1.82) is 0 Å². The van der Waals surface area contributed by atoms with E-state index >= 15 is 0 Å². The van der Waals surface area contributed by atoms with E-state index < -0.39 is 5.97 Å². The summed E-state index contributed by atoms with van der Waals surface area (Å²) in [5.74, 6) is -0.321. The zero-order valence-corrected chi connectivity index (χ0v) is 10.8. The van der Waals surface area contributed by atoms with Gasteiger partial charge in [0.25, 0.3) is 0 Å². The average molecular weight is 249 g/mol. The number of rotatable bonds is 3. The van der Waals surface area contributed by atoms with Crippen molar-refractivity contribution in [3.63, 3.8) is 0 Å². The fourth-order valence-electron chi connectivity index (χ4n) is 2.27. The lowest BCUT2D eigenvalue weighted by Gasteiger charge is -2.37. The summed E-state index contributed by atoms with van der Waals surface area (Å²) < 4.78 is 0. The largest absolute Gasteiger partial charge is 0.478 e. The Morgan fingerprint density at radius 3 is 2.56 bits per heavy atom. The zero-order valence-electron chi connectivity index (χ0n) is 10.8. The van der Waals surface area contributed by atoms with Gasteiger partial charge in [0.1, 0.15) is 11.4 Å². The van der Waals surface area contributed by atoms with Gasteiger partial charge in [0.05, 0.1) is 0 Å². The summed E-state index contributed by atoms with van der Waals surface area (Å²) in [6.45, 7) is 7.92. The molecule has 0 amide bonds. The maximum Gasteiger partial charge on any atom is 0.339 e. The molecule has 1 aliphatic rings. The highest BCUT2D eigenvalue weighted by molar-refractivity contribution is 5.93. The number of hydrogen-bond acceptors (Lipinski definition) is 4. The molecule has 0 atom stereocenters. The number of hydrogen-bond donors (Lipinski definition) is 1. The van der Waals surface area contributed by atoms with Gasteiger partial charge in [-0.15, -0.1) is 0 Å². The summed E-state index contributed by atoms with van der Waals surface area (Å²) in [5.41, 5.74) is 0.287. The average Bonchev–Trinajstić information content (AvgIpc) is 2.39. The van der Waals surface area contributed by atoms with Crippen molar-refractivity contribution in [3.05, 3.63) is 23.9 Å². The van der Waals surface area contributed by atoms with Crippen LogP contribution in [0.3, 0.4) is 0 Å². The van der Waals surface area contributed by atoms with E-state index in [1.165, 1.54) is 0 Å². The molecule has 2 heterocycles. The van der Waals surface area contributed by atoms with Crippen LogP contribution in [0.4, 0.5) is 5.82 Å². The molecule has 18 heavy (non-hydrogen) atoms. The molecular weight excluding hydrogens is 230 g/mol. The van der Waals surface area contributed by atoms with Gasteiger partial charge in [-0.05, 0) is 26.0 Å². The molecule has 1 aliphatic heterocycles. The van der Waals surface area contributed by atoms with E-state index in [4.69, 9.17) is 5.11 Å². The molecule has 0 bridgehead atoms. The second-order valence-corrected chi connectivity index (χ2v) is 4.80. The van der Waals surface area contributed by atoms with Crippen molar-refractivity contribution in [2.75, 3.05) is 31.1 Å². The Morgan fingerprint density at radius 1 is 1.33 bits per heavy atom. The first kappa shape index (κ1) is 12.8. The molecule has 0 aliphatic carbocycles. The normalized spacial score (nSPS) is 17.2.